The zero-order valence-electron chi connectivity index (χ0n) is 6.65. The molecule has 1 aliphatic rings. The molecule has 7 heteroatoms. The first kappa shape index (κ1) is 10.1. The molecular weight excluding hydrogens is 189 g/mol. The van der Waals surface area contributed by atoms with E-state index in [0.717, 1.165) is 12.8 Å². The van der Waals surface area contributed by atoms with E-state index in [9.17, 15) is 18.0 Å². The Hall–Kier alpha value is -0.980. The van der Waals surface area contributed by atoms with Gasteiger partial charge in [-0.25, -0.2) is 10.3 Å². The molecule has 4 nitrogen and oxygen atoms in total. The van der Waals surface area contributed by atoms with Crippen molar-refractivity contribution in [2.75, 3.05) is 6.61 Å². The molecule has 0 spiro atoms. The van der Waals surface area contributed by atoms with Crippen LogP contribution in [0.3, 0.4) is 0 Å². The van der Waals surface area contributed by atoms with Gasteiger partial charge in [-0.1, -0.05) is 0 Å². The van der Waals surface area contributed by atoms with Gasteiger partial charge in [0.25, 0.3) is 0 Å². The van der Waals surface area contributed by atoms with Crippen LogP contribution in [0.2, 0.25) is 0 Å². The van der Waals surface area contributed by atoms with Crippen molar-refractivity contribution in [2.24, 2.45) is 0 Å². The molecule has 76 valence electrons. The van der Waals surface area contributed by atoms with Crippen LogP contribution in [0.4, 0.5) is 18.0 Å². The van der Waals surface area contributed by atoms with Crippen molar-refractivity contribution in [1.82, 2.24) is 10.8 Å². The summed E-state index contributed by atoms with van der Waals surface area (Å²) in [5.41, 5.74) is 1.64. The Bertz CT molecular complexity index is 191. The first-order valence-electron chi connectivity index (χ1n) is 3.72. The normalized spacial score (nSPS) is 16.8. The van der Waals surface area contributed by atoms with Crippen LogP contribution in [-0.2, 0) is 4.84 Å². The number of halogens is 3. The van der Waals surface area contributed by atoms with Crippen molar-refractivity contribution in [1.29, 1.82) is 0 Å². The number of carbonyl (C=O) groups excluding carboxylic acids is 1. The predicted octanol–water partition coefficient (Wildman–Crippen LogP) is 0.942. The van der Waals surface area contributed by atoms with Gasteiger partial charge in [-0.05, 0) is 12.8 Å². The van der Waals surface area contributed by atoms with E-state index >= 15 is 0 Å². The highest BCUT2D eigenvalue weighted by Crippen LogP contribution is 2.18. The summed E-state index contributed by atoms with van der Waals surface area (Å²) in [5.74, 6) is 0. The van der Waals surface area contributed by atoms with Crippen LogP contribution < -0.4 is 10.8 Å². The van der Waals surface area contributed by atoms with Gasteiger partial charge in [0.05, 0.1) is 0 Å². The molecular formula is C6H9F3N2O2. The lowest BCUT2D eigenvalue weighted by atomic mass is 10.7. The highest BCUT2D eigenvalue weighted by molar-refractivity contribution is 5.73. The minimum absolute atomic E-state index is 0.0921. The Morgan fingerprint density at radius 2 is 2.08 bits per heavy atom. The van der Waals surface area contributed by atoms with Crippen molar-refractivity contribution in [3.8, 4) is 0 Å². The molecule has 0 saturated heterocycles. The Kier molecular flexibility index (Phi) is 2.97. The first-order valence-corrected chi connectivity index (χ1v) is 3.72. The summed E-state index contributed by atoms with van der Waals surface area (Å²) in [6.45, 7) is -1.48. The third kappa shape index (κ3) is 5.29. The SMILES string of the molecule is O=C(NOCC(F)(F)F)NC1CC1. The lowest BCUT2D eigenvalue weighted by molar-refractivity contribution is -0.184. The van der Waals surface area contributed by atoms with E-state index in [2.05, 4.69) is 10.2 Å². The van der Waals surface area contributed by atoms with Gasteiger partial charge in [-0.15, -0.1) is 0 Å². The third-order valence-electron chi connectivity index (χ3n) is 1.31. The topological polar surface area (TPSA) is 50.4 Å². The summed E-state index contributed by atoms with van der Waals surface area (Å²) in [6.07, 6.45) is -2.69. The van der Waals surface area contributed by atoms with Gasteiger partial charge in [0.15, 0.2) is 6.61 Å². The van der Waals surface area contributed by atoms with Crippen LogP contribution >= 0.6 is 0 Å². The molecule has 0 atom stereocenters. The van der Waals surface area contributed by atoms with E-state index in [-0.39, 0.29) is 6.04 Å². The van der Waals surface area contributed by atoms with Crippen molar-refractivity contribution in [2.45, 2.75) is 25.1 Å². The second-order valence-corrected chi connectivity index (χ2v) is 2.75. The molecule has 1 aliphatic carbocycles. The number of hydrogen-bond donors (Lipinski definition) is 2. The number of carbonyl (C=O) groups is 1. The van der Waals surface area contributed by atoms with Crippen LogP contribution in [0.5, 0.6) is 0 Å². The summed E-state index contributed by atoms with van der Waals surface area (Å²) < 4.78 is 34.5. The summed E-state index contributed by atoms with van der Waals surface area (Å²) in [4.78, 5) is 14.6. The highest BCUT2D eigenvalue weighted by Gasteiger charge is 2.29. The van der Waals surface area contributed by atoms with Gasteiger partial charge in [0.2, 0.25) is 0 Å². The quantitative estimate of drug-likeness (QED) is 0.663. The minimum atomic E-state index is -4.42. The fourth-order valence-electron chi connectivity index (χ4n) is 0.626. The number of urea groups is 1. The van der Waals surface area contributed by atoms with Crippen molar-refractivity contribution >= 4 is 6.03 Å². The lowest BCUT2D eigenvalue weighted by Gasteiger charge is -2.08. The van der Waals surface area contributed by atoms with Crippen LogP contribution in [0.1, 0.15) is 12.8 Å². The number of amides is 2. The number of rotatable bonds is 3. The third-order valence-corrected chi connectivity index (χ3v) is 1.31. The molecule has 0 aromatic carbocycles. The fraction of sp³-hybridized carbons (Fsp3) is 0.833. The first-order chi connectivity index (χ1) is 5.97. The van der Waals surface area contributed by atoms with E-state index in [1.807, 2.05) is 0 Å². The molecule has 1 saturated carbocycles. The molecule has 0 aromatic heterocycles. The molecule has 0 aliphatic heterocycles. The second-order valence-electron chi connectivity index (χ2n) is 2.75. The minimum Gasteiger partial charge on any atom is -0.334 e. The van der Waals surface area contributed by atoms with E-state index in [1.165, 1.54) is 0 Å². The summed E-state index contributed by atoms with van der Waals surface area (Å²) in [6, 6.07) is -0.638. The second kappa shape index (κ2) is 3.82. The zero-order chi connectivity index (χ0) is 9.90. The summed E-state index contributed by atoms with van der Waals surface area (Å²) >= 11 is 0. The molecule has 13 heavy (non-hydrogen) atoms. The lowest BCUT2D eigenvalue weighted by Crippen LogP contribution is -2.38. The Balaban J connectivity index is 2.01. The number of hydrogen-bond acceptors (Lipinski definition) is 2. The average molecular weight is 198 g/mol. The van der Waals surface area contributed by atoms with Crippen LogP contribution in [-0.4, -0.2) is 24.9 Å². The van der Waals surface area contributed by atoms with Gasteiger partial charge in [0.1, 0.15) is 0 Å². The van der Waals surface area contributed by atoms with Crippen LogP contribution in [0.25, 0.3) is 0 Å². The molecule has 2 N–H and O–H groups in total. The smallest absolute Gasteiger partial charge is 0.334 e. The molecule has 0 heterocycles. The molecule has 2 amide bonds. The largest absolute Gasteiger partial charge is 0.414 e. The van der Waals surface area contributed by atoms with E-state index in [0.29, 0.717) is 0 Å². The highest BCUT2D eigenvalue weighted by atomic mass is 19.4. The maximum absolute atomic E-state index is 11.5. The van der Waals surface area contributed by atoms with E-state index < -0.39 is 18.8 Å². The Morgan fingerprint density at radius 3 is 2.54 bits per heavy atom. The van der Waals surface area contributed by atoms with Gasteiger partial charge < -0.3 is 5.32 Å². The fourth-order valence-corrected chi connectivity index (χ4v) is 0.626. The number of alkyl halides is 3. The van der Waals surface area contributed by atoms with Crippen molar-refractivity contribution < 1.29 is 22.8 Å². The van der Waals surface area contributed by atoms with Crippen molar-refractivity contribution in [3.05, 3.63) is 0 Å². The van der Waals surface area contributed by atoms with Crippen LogP contribution in [0.15, 0.2) is 0 Å². The van der Waals surface area contributed by atoms with Gasteiger partial charge in [0, 0.05) is 6.04 Å². The number of nitrogens with one attached hydrogen (secondary N) is 2. The Labute approximate surface area is 72.4 Å². The molecule has 1 rings (SSSR count). The van der Waals surface area contributed by atoms with Gasteiger partial charge >= 0.3 is 12.2 Å². The zero-order valence-corrected chi connectivity index (χ0v) is 6.65. The summed E-state index contributed by atoms with van der Waals surface area (Å²) in [7, 11) is 0. The van der Waals surface area contributed by atoms with E-state index in [1.54, 1.807) is 5.48 Å². The van der Waals surface area contributed by atoms with Crippen LogP contribution in [0, 0.1) is 0 Å². The maximum atomic E-state index is 11.5. The molecule has 0 aromatic rings. The Morgan fingerprint density at radius 1 is 1.46 bits per heavy atom. The molecule has 0 radical (unpaired) electrons. The molecule has 1 fully saturated rings. The molecule has 0 unspecified atom stereocenters. The van der Waals surface area contributed by atoms with Crippen molar-refractivity contribution in [3.63, 3.8) is 0 Å². The standard InChI is InChI=1S/C6H9F3N2O2/c7-6(8,9)3-13-11-5(12)10-4-1-2-4/h4H,1-3H2,(H2,10,11,12). The molecule has 0 bridgehead atoms. The average Bonchev–Trinajstić information content (AvgIpc) is 2.68. The maximum Gasteiger partial charge on any atom is 0.414 e. The monoisotopic (exact) mass is 198 g/mol. The van der Waals surface area contributed by atoms with Gasteiger partial charge in [-0.2, -0.15) is 13.2 Å². The number of hydroxylamine groups is 1. The summed E-state index contributed by atoms with van der Waals surface area (Å²) in [5, 5.41) is 2.40. The van der Waals surface area contributed by atoms with Gasteiger partial charge in [-0.3, -0.25) is 4.84 Å². The van der Waals surface area contributed by atoms with E-state index in [4.69, 9.17) is 0 Å². The predicted molar refractivity (Wildman–Crippen MR) is 36.7 cm³/mol.